The average molecular weight is 215 g/mol. The van der Waals surface area contributed by atoms with Crippen molar-refractivity contribution in [3.05, 3.63) is 29.3 Å². The number of rotatable bonds is 2. The lowest BCUT2D eigenvalue weighted by atomic mass is 9.83. The van der Waals surface area contributed by atoms with Crippen LogP contribution in [0, 0.1) is 11.3 Å². The Balaban J connectivity index is 2.32. The highest BCUT2D eigenvalue weighted by atomic mass is 16.5. The fourth-order valence-electron chi connectivity index (χ4n) is 2.54. The Morgan fingerprint density at radius 1 is 1.25 bits per heavy atom. The molecule has 1 aliphatic rings. The van der Waals surface area contributed by atoms with Gasteiger partial charge in [0, 0.05) is 0 Å². The summed E-state index contributed by atoms with van der Waals surface area (Å²) >= 11 is 0. The molecule has 0 saturated heterocycles. The predicted octanol–water partition coefficient (Wildman–Crippen LogP) is 3.61. The summed E-state index contributed by atoms with van der Waals surface area (Å²) in [5.41, 5.74) is 1.96. The lowest BCUT2D eigenvalue weighted by Gasteiger charge is -2.23. The second-order valence-electron chi connectivity index (χ2n) is 4.40. The van der Waals surface area contributed by atoms with Crippen molar-refractivity contribution < 1.29 is 4.74 Å². The summed E-state index contributed by atoms with van der Waals surface area (Å²) < 4.78 is 5.39. The van der Waals surface area contributed by atoms with Crippen LogP contribution in [0.4, 0.5) is 0 Å². The number of hydrogen-bond acceptors (Lipinski definition) is 2. The van der Waals surface area contributed by atoms with E-state index in [4.69, 9.17) is 10.00 Å². The monoisotopic (exact) mass is 215 g/mol. The van der Waals surface area contributed by atoms with E-state index >= 15 is 0 Å². The Hall–Kier alpha value is -1.49. The molecule has 1 saturated carbocycles. The van der Waals surface area contributed by atoms with Crippen LogP contribution in [0.5, 0.6) is 5.75 Å². The summed E-state index contributed by atoms with van der Waals surface area (Å²) in [6.45, 7) is 0. The highest BCUT2D eigenvalue weighted by Gasteiger charge is 2.19. The normalized spacial score (nSPS) is 16.8. The van der Waals surface area contributed by atoms with E-state index in [9.17, 15) is 0 Å². The highest BCUT2D eigenvalue weighted by Crippen LogP contribution is 2.37. The van der Waals surface area contributed by atoms with Crippen molar-refractivity contribution in [2.75, 3.05) is 7.11 Å². The maximum absolute atomic E-state index is 8.93. The third-order valence-corrected chi connectivity index (χ3v) is 3.40. The summed E-state index contributed by atoms with van der Waals surface area (Å²) in [4.78, 5) is 0. The van der Waals surface area contributed by atoms with Crippen LogP contribution in [0.3, 0.4) is 0 Å². The van der Waals surface area contributed by atoms with Crippen LogP contribution in [0.1, 0.15) is 49.1 Å². The molecule has 16 heavy (non-hydrogen) atoms. The van der Waals surface area contributed by atoms with E-state index in [1.165, 1.54) is 37.7 Å². The Bertz CT molecular complexity index is 400. The van der Waals surface area contributed by atoms with E-state index in [1.54, 1.807) is 7.11 Å². The molecule has 84 valence electrons. The van der Waals surface area contributed by atoms with Crippen LogP contribution < -0.4 is 4.74 Å². The highest BCUT2D eigenvalue weighted by molar-refractivity contribution is 5.44. The van der Waals surface area contributed by atoms with E-state index in [-0.39, 0.29) is 0 Å². The first-order valence-corrected chi connectivity index (χ1v) is 5.93. The van der Waals surface area contributed by atoms with Gasteiger partial charge in [-0.2, -0.15) is 5.26 Å². The molecule has 0 heterocycles. The number of nitriles is 1. The maximum atomic E-state index is 8.93. The van der Waals surface area contributed by atoms with Crippen molar-refractivity contribution in [1.82, 2.24) is 0 Å². The van der Waals surface area contributed by atoms with Gasteiger partial charge >= 0.3 is 0 Å². The Morgan fingerprint density at radius 3 is 2.62 bits per heavy atom. The molecule has 1 aromatic rings. The molecular weight excluding hydrogens is 198 g/mol. The van der Waals surface area contributed by atoms with Crippen molar-refractivity contribution in [3.63, 3.8) is 0 Å². The minimum Gasteiger partial charge on any atom is -0.496 e. The fourth-order valence-corrected chi connectivity index (χ4v) is 2.54. The van der Waals surface area contributed by atoms with Gasteiger partial charge in [0.1, 0.15) is 5.75 Å². The first kappa shape index (κ1) is 11.0. The molecule has 0 unspecified atom stereocenters. The summed E-state index contributed by atoms with van der Waals surface area (Å²) in [5.74, 6) is 1.52. The fraction of sp³-hybridized carbons (Fsp3) is 0.500. The molecule has 1 fully saturated rings. The molecule has 0 N–H and O–H groups in total. The Labute approximate surface area is 96.9 Å². The standard InChI is InChI=1S/C14H17NO/c1-16-14-8-7-11(10-15)9-13(14)12-5-3-2-4-6-12/h7-9,12H,2-6H2,1H3. The van der Waals surface area contributed by atoms with Gasteiger partial charge in [-0.25, -0.2) is 0 Å². The molecule has 1 aromatic carbocycles. The van der Waals surface area contributed by atoms with Gasteiger partial charge in [0.2, 0.25) is 0 Å². The predicted molar refractivity (Wildman–Crippen MR) is 63.5 cm³/mol. The van der Waals surface area contributed by atoms with Crippen LogP contribution in [-0.4, -0.2) is 7.11 Å². The van der Waals surface area contributed by atoms with Gasteiger partial charge in [-0.1, -0.05) is 19.3 Å². The van der Waals surface area contributed by atoms with Gasteiger partial charge in [-0.05, 0) is 42.5 Å². The average Bonchev–Trinajstić information content (AvgIpc) is 2.39. The van der Waals surface area contributed by atoms with Crippen molar-refractivity contribution in [1.29, 1.82) is 5.26 Å². The zero-order valence-electron chi connectivity index (χ0n) is 9.70. The van der Waals surface area contributed by atoms with Gasteiger partial charge in [0.25, 0.3) is 0 Å². The molecule has 1 aliphatic carbocycles. The van der Waals surface area contributed by atoms with Crippen molar-refractivity contribution in [2.45, 2.75) is 38.0 Å². The first-order chi connectivity index (χ1) is 7.85. The Morgan fingerprint density at radius 2 is 2.00 bits per heavy atom. The lowest BCUT2D eigenvalue weighted by Crippen LogP contribution is -2.06. The number of benzene rings is 1. The molecule has 0 atom stereocenters. The summed E-state index contributed by atoms with van der Waals surface area (Å²) in [7, 11) is 1.70. The van der Waals surface area contributed by atoms with E-state index in [0.717, 1.165) is 11.3 Å². The topological polar surface area (TPSA) is 33.0 Å². The summed E-state index contributed by atoms with van der Waals surface area (Å²) in [6.07, 6.45) is 6.39. The van der Waals surface area contributed by atoms with E-state index in [1.807, 2.05) is 18.2 Å². The third-order valence-electron chi connectivity index (χ3n) is 3.40. The molecule has 2 rings (SSSR count). The maximum Gasteiger partial charge on any atom is 0.122 e. The Kier molecular flexibility index (Phi) is 3.46. The van der Waals surface area contributed by atoms with Gasteiger partial charge in [-0.15, -0.1) is 0 Å². The zero-order valence-corrected chi connectivity index (χ0v) is 9.70. The van der Waals surface area contributed by atoms with E-state index in [2.05, 4.69) is 6.07 Å². The van der Waals surface area contributed by atoms with Gasteiger partial charge in [-0.3, -0.25) is 0 Å². The number of ether oxygens (including phenoxy) is 1. The molecule has 0 amide bonds. The van der Waals surface area contributed by atoms with E-state index < -0.39 is 0 Å². The van der Waals surface area contributed by atoms with Gasteiger partial charge in [0.15, 0.2) is 0 Å². The minimum absolute atomic E-state index is 0.581. The van der Waals surface area contributed by atoms with Crippen molar-refractivity contribution in [2.24, 2.45) is 0 Å². The van der Waals surface area contributed by atoms with Gasteiger partial charge < -0.3 is 4.74 Å². The van der Waals surface area contributed by atoms with Crippen LogP contribution in [0.2, 0.25) is 0 Å². The van der Waals surface area contributed by atoms with Crippen LogP contribution in [0.25, 0.3) is 0 Å². The van der Waals surface area contributed by atoms with Crippen molar-refractivity contribution >= 4 is 0 Å². The molecular formula is C14H17NO. The number of nitrogens with zero attached hydrogens (tertiary/aromatic N) is 1. The summed E-state index contributed by atoms with van der Waals surface area (Å²) in [6, 6.07) is 7.94. The van der Waals surface area contributed by atoms with Crippen LogP contribution >= 0.6 is 0 Å². The molecule has 0 bridgehead atoms. The van der Waals surface area contributed by atoms with Crippen LogP contribution in [-0.2, 0) is 0 Å². The SMILES string of the molecule is COc1ccc(C#N)cc1C1CCCCC1. The molecule has 2 heteroatoms. The molecule has 0 spiro atoms. The van der Waals surface area contributed by atoms with E-state index in [0.29, 0.717) is 5.92 Å². The van der Waals surface area contributed by atoms with Crippen LogP contribution in [0.15, 0.2) is 18.2 Å². The zero-order chi connectivity index (χ0) is 11.4. The second kappa shape index (κ2) is 5.03. The lowest BCUT2D eigenvalue weighted by molar-refractivity contribution is 0.387. The van der Waals surface area contributed by atoms with Crippen molar-refractivity contribution in [3.8, 4) is 11.8 Å². The number of methoxy groups -OCH3 is 1. The quantitative estimate of drug-likeness (QED) is 0.755. The first-order valence-electron chi connectivity index (χ1n) is 5.93. The third kappa shape index (κ3) is 2.19. The summed E-state index contributed by atoms with van der Waals surface area (Å²) in [5, 5.41) is 8.93. The molecule has 0 radical (unpaired) electrons. The minimum atomic E-state index is 0.581. The molecule has 0 aromatic heterocycles. The second-order valence-corrected chi connectivity index (χ2v) is 4.40. The smallest absolute Gasteiger partial charge is 0.122 e. The van der Waals surface area contributed by atoms with Gasteiger partial charge in [0.05, 0.1) is 18.7 Å². The molecule has 0 aliphatic heterocycles. The molecule has 2 nitrogen and oxygen atoms in total. The largest absolute Gasteiger partial charge is 0.496 e. The number of hydrogen-bond donors (Lipinski definition) is 0.